The highest BCUT2D eigenvalue weighted by atomic mass is 16.5. The first-order valence-corrected chi connectivity index (χ1v) is 14.2. The maximum absolute atomic E-state index is 5.90. The number of benzene rings is 1. The van der Waals surface area contributed by atoms with Gasteiger partial charge in [0, 0.05) is 31.4 Å². The third-order valence-electron chi connectivity index (χ3n) is 8.00. The molecular formula is C31H43N3O4. The minimum absolute atomic E-state index is 0.147. The van der Waals surface area contributed by atoms with Crippen LogP contribution in [0.2, 0.25) is 0 Å². The van der Waals surface area contributed by atoms with Crippen LogP contribution in [0.25, 0.3) is 16.8 Å². The Morgan fingerprint density at radius 1 is 1.05 bits per heavy atom. The van der Waals surface area contributed by atoms with E-state index in [2.05, 4.69) is 40.7 Å². The van der Waals surface area contributed by atoms with E-state index in [0.29, 0.717) is 18.6 Å². The summed E-state index contributed by atoms with van der Waals surface area (Å²) >= 11 is 0. The summed E-state index contributed by atoms with van der Waals surface area (Å²) in [6.07, 6.45) is 7.13. The van der Waals surface area contributed by atoms with Crippen LogP contribution in [0.15, 0.2) is 36.5 Å². The van der Waals surface area contributed by atoms with Crippen LogP contribution in [0.4, 0.5) is 0 Å². The summed E-state index contributed by atoms with van der Waals surface area (Å²) < 4.78 is 25.5. The molecule has 0 spiro atoms. The number of hydrogen-bond acceptors (Lipinski definition) is 6. The third-order valence-corrected chi connectivity index (χ3v) is 8.00. The van der Waals surface area contributed by atoms with E-state index in [1.165, 1.54) is 18.4 Å². The van der Waals surface area contributed by atoms with Crippen molar-refractivity contribution in [3.63, 3.8) is 0 Å². The maximum Gasteiger partial charge on any atom is 0.132 e. The van der Waals surface area contributed by atoms with Gasteiger partial charge in [-0.05, 0) is 87.7 Å². The number of pyridine rings is 1. The SMILES string of the molecule is CCN(CC1CC1)C(c1cnn2c(-c3c(OC)cc(COC(C)C)cc3OC)cccc12)C1CCOCC1. The van der Waals surface area contributed by atoms with Gasteiger partial charge in [0.1, 0.15) is 11.5 Å². The van der Waals surface area contributed by atoms with Gasteiger partial charge >= 0.3 is 0 Å². The molecular weight excluding hydrogens is 478 g/mol. The lowest BCUT2D eigenvalue weighted by molar-refractivity contribution is 0.0250. The Morgan fingerprint density at radius 2 is 1.76 bits per heavy atom. The van der Waals surface area contributed by atoms with Gasteiger partial charge in [0.15, 0.2) is 0 Å². The Kier molecular flexibility index (Phi) is 8.56. The number of aromatic nitrogens is 2. The molecule has 1 aliphatic heterocycles. The molecule has 0 N–H and O–H groups in total. The van der Waals surface area contributed by atoms with Crippen molar-refractivity contribution in [1.82, 2.24) is 14.5 Å². The fraction of sp³-hybridized carbons (Fsp3) is 0.581. The van der Waals surface area contributed by atoms with Gasteiger partial charge < -0.3 is 18.9 Å². The van der Waals surface area contributed by atoms with Gasteiger partial charge in [-0.25, -0.2) is 4.52 Å². The van der Waals surface area contributed by atoms with E-state index >= 15 is 0 Å². The van der Waals surface area contributed by atoms with Crippen molar-refractivity contribution in [2.75, 3.05) is 40.5 Å². The van der Waals surface area contributed by atoms with E-state index in [1.54, 1.807) is 14.2 Å². The number of ether oxygens (including phenoxy) is 4. The van der Waals surface area contributed by atoms with Gasteiger partial charge in [-0.3, -0.25) is 4.90 Å². The van der Waals surface area contributed by atoms with Gasteiger partial charge in [-0.15, -0.1) is 0 Å². The second kappa shape index (κ2) is 12.1. The van der Waals surface area contributed by atoms with Gasteiger partial charge in [0.25, 0.3) is 0 Å². The van der Waals surface area contributed by atoms with E-state index in [-0.39, 0.29) is 6.10 Å². The second-order valence-corrected chi connectivity index (χ2v) is 11.0. The van der Waals surface area contributed by atoms with E-state index in [1.807, 2.05) is 26.0 Å². The molecule has 2 aliphatic rings. The molecule has 3 heterocycles. The molecule has 0 bridgehead atoms. The minimum Gasteiger partial charge on any atom is -0.496 e. The monoisotopic (exact) mass is 521 g/mol. The van der Waals surface area contributed by atoms with Crippen LogP contribution in [-0.4, -0.2) is 61.1 Å². The van der Waals surface area contributed by atoms with Crippen LogP contribution in [0, 0.1) is 11.8 Å². The zero-order chi connectivity index (χ0) is 26.6. The number of methoxy groups -OCH3 is 2. The number of nitrogens with zero attached hydrogens (tertiary/aromatic N) is 3. The molecule has 3 aromatic rings. The number of hydrogen-bond donors (Lipinski definition) is 0. The highest BCUT2D eigenvalue weighted by molar-refractivity contribution is 5.77. The lowest BCUT2D eigenvalue weighted by Crippen LogP contribution is -2.37. The molecule has 7 nitrogen and oxygen atoms in total. The van der Waals surface area contributed by atoms with E-state index in [0.717, 1.165) is 78.9 Å². The average molecular weight is 522 g/mol. The summed E-state index contributed by atoms with van der Waals surface area (Å²) in [5, 5.41) is 4.98. The zero-order valence-electron chi connectivity index (χ0n) is 23.6. The molecule has 1 atom stereocenters. The average Bonchev–Trinajstić information content (AvgIpc) is 3.67. The lowest BCUT2D eigenvalue weighted by Gasteiger charge is -2.38. The van der Waals surface area contributed by atoms with Crippen molar-refractivity contribution in [1.29, 1.82) is 0 Å². The third kappa shape index (κ3) is 5.70. The second-order valence-electron chi connectivity index (χ2n) is 11.0. The van der Waals surface area contributed by atoms with Crippen LogP contribution >= 0.6 is 0 Å². The van der Waals surface area contributed by atoms with Crippen LogP contribution in [0.3, 0.4) is 0 Å². The predicted molar refractivity (Wildman–Crippen MR) is 150 cm³/mol. The quantitative estimate of drug-likeness (QED) is 0.285. The molecule has 1 unspecified atom stereocenters. The Bertz CT molecular complexity index is 1190. The molecule has 1 aromatic carbocycles. The Balaban J connectivity index is 1.59. The summed E-state index contributed by atoms with van der Waals surface area (Å²) in [5.74, 6) is 2.90. The van der Waals surface area contributed by atoms with Crippen molar-refractivity contribution in [2.24, 2.45) is 11.8 Å². The largest absolute Gasteiger partial charge is 0.496 e. The first-order chi connectivity index (χ1) is 18.5. The highest BCUT2D eigenvalue weighted by Gasteiger charge is 2.35. The van der Waals surface area contributed by atoms with Crippen molar-refractivity contribution in [2.45, 2.75) is 65.2 Å². The predicted octanol–water partition coefficient (Wildman–Crippen LogP) is 6.14. The summed E-state index contributed by atoms with van der Waals surface area (Å²) in [7, 11) is 3.41. The summed E-state index contributed by atoms with van der Waals surface area (Å²) in [5.41, 5.74) is 5.32. The topological polar surface area (TPSA) is 57.5 Å². The van der Waals surface area contributed by atoms with Gasteiger partial charge in [-0.2, -0.15) is 5.10 Å². The van der Waals surface area contributed by atoms with Crippen molar-refractivity contribution < 1.29 is 18.9 Å². The van der Waals surface area contributed by atoms with E-state index in [4.69, 9.17) is 24.0 Å². The van der Waals surface area contributed by atoms with E-state index in [9.17, 15) is 0 Å². The number of rotatable bonds is 12. The van der Waals surface area contributed by atoms with Crippen molar-refractivity contribution in [3.8, 4) is 22.8 Å². The first-order valence-electron chi connectivity index (χ1n) is 14.2. The fourth-order valence-electron chi connectivity index (χ4n) is 5.86. The smallest absolute Gasteiger partial charge is 0.132 e. The first kappa shape index (κ1) is 27.0. The lowest BCUT2D eigenvalue weighted by atomic mass is 9.86. The number of fused-ring (bicyclic) bond motifs is 1. The zero-order valence-corrected chi connectivity index (χ0v) is 23.6. The molecule has 2 aromatic heterocycles. The summed E-state index contributed by atoms with van der Waals surface area (Å²) in [6.45, 7) is 10.8. The Morgan fingerprint density at radius 3 is 2.37 bits per heavy atom. The van der Waals surface area contributed by atoms with Crippen molar-refractivity contribution in [3.05, 3.63) is 47.7 Å². The minimum atomic E-state index is 0.147. The Hall–Kier alpha value is -2.61. The van der Waals surface area contributed by atoms with Gasteiger partial charge in [0.05, 0.1) is 49.9 Å². The molecule has 1 aliphatic carbocycles. The molecule has 5 rings (SSSR count). The fourth-order valence-corrected chi connectivity index (χ4v) is 5.86. The van der Waals surface area contributed by atoms with Crippen molar-refractivity contribution >= 4 is 5.52 Å². The van der Waals surface area contributed by atoms with Gasteiger partial charge in [-0.1, -0.05) is 13.0 Å². The van der Waals surface area contributed by atoms with E-state index < -0.39 is 0 Å². The molecule has 1 saturated heterocycles. The Labute approximate surface area is 227 Å². The van der Waals surface area contributed by atoms with Crippen LogP contribution in [0.1, 0.15) is 63.6 Å². The molecule has 2 fully saturated rings. The molecule has 1 saturated carbocycles. The summed E-state index contributed by atoms with van der Waals surface area (Å²) in [6, 6.07) is 10.8. The van der Waals surface area contributed by atoms with Crippen LogP contribution in [-0.2, 0) is 16.1 Å². The van der Waals surface area contributed by atoms with Gasteiger partial charge in [0.2, 0.25) is 0 Å². The molecule has 0 amide bonds. The van der Waals surface area contributed by atoms with Crippen LogP contribution < -0.4 is 9.47 Å². The molecule has 38 heavy (non-hydrogen) atoms. The molecule has 0 radical (unpaired) electrons. The summed E-state index contributed by atoms with van der Waals surface area (Å²) in [4.78, 5) is 2.70. The normalized spacial score (nSPS) is 17.4. The molecule has 7 heteroatoms. The molecule has 206 valence electrons. The highest BCUT2D eigenvalue weighted by Crippen LogP contribution is 2.43. The maximum atomic E-state index is 5.90. The van der Waals surface area contributed by atoms with Crippen LogP contribution in [0.5, 0.6) is 11.5 Å². The standard InChI is InChI=1S/C31H43N3O4/c1-6-33(19-22-10-11-22)31(24-12-14-37-15-13-24)25-18-32-34-26(25)8-7-9-27(34)30-28(35-4)16-23(17-29(30)36-5)20-38-21(2)3/h7-9,16-18,21-22,24,31H,6,10-15,19-20H2,1-5H3.